The topological polar surface area (TPSA) is 41.1 Å². The van der Waals surface area contributed by atoms with Crippen molar-refractivity contribution >= 4 is 6.03 Å². The van der Waals surface area contributed by atoms with E-state index >= 15 is 0 Å². The van der Waals surface area contributed by atoms with E-state index in [0.717, 1.165) is 12.8 Å². The number of hydrogen-bond acceptors (Lipinski definition) is 1. The zero-order valence-corrected chi connectivity index (χ0v) is 9.62. The smallest absolute Gasteiger partial charge is 0.315 e. The van der Waals surface area contributed by atoms with Crippen LogP contribution in [-0.2, 0) is 5.54 Å². The molecule has 1 aliphatic rings. The lowest BCUT2D eigenvalue weighted by atomic mass is 9.88. The van der Waals surface area contributed by atoms with Crippen LogP contribution >= 0.6 is 0 Å². The lowest BCUT2D eigenvalue weighted by Crippen LogP contribution is -2.47. The van der Waals surface area contributed by atoms with Gasteiger partial charge in [0.15, 0.2) is 0 Å². The van der Waals surface area contributed by atoms with E-state index in [0.29, 0.717) is 0 Å². The highest BCUT2D eigenvalue weighted by Crippen LogP contribution is 2.38. The molecule has 0 aliphatic heterocycles. The Morgan fingerprint density at radius 1 is 1.19 bits per heavy atom. The number of benzene rings is 1. The zero-order chi connectivity index (χ0) is 11.4. The monoisotopic (exact) mass is 218 g/mol. The van der Waals surface area contributed by atoms with Gasteiger partial charge in [0.2, 0.25) is 0 Å². The number of nitrogens with one attached hydrogen (secondary N) is 2. The van der Waals surface area contributed by atoms with Crippen LogP contribution in [-0.4, -0.2) is 13.1 Å². The summed E-state index contributed by atoms with van der Waals surface area (Å²) in [7, 11) is 1.66. The zero-order valence-electron chi connectivity index (χ0n) is 9.62. The maximum atomic E-state index is 11.5. The Morgan fingerprint density at radius 3 is 2.38 bits per heavy atom. The minimum Gasteiger partial charge on any atom is -0.341 e. The van der Waals surface area contributed by atoms with Crippen LogP contribution < -0.4 is 10.6 Å². The summed E-state index contributed by atoms with van der Waals surface area (Å²) in [5.41, 5.74) is 1.07. The summed E-state index contributed by atoms with van der Waals surface area (Å²) in [6.07, 6.45) is 4.42. The minimum absolute atomic E-state index is 0.0919. The van der Waals surface area contributed by atoms with Crippen LogP contribution in [0, 0.1) is 0 Å². The summed E-state index contributed by atoms with van der Waals surface area (Å²) in [6.45, 7) is 0. The summed E-state index contributed by atoms with van der Waals surface area (Å²) >= 11 is 0. The Hall–Kier alpha value is -1.51. The van der Waals surface area contributed by atoms with Gasteiger partial charge in [0.25, 0.3) is 0 Å². The van der Waals surface area contributed by atoms with Gasteiger partial charge in [-0.1, -0.05) is 43.2 Å². The average Bonchev–Trinajstić information content (AvgIpc) is 2.80. The largest absolute Gasteiger partial charge is 0.341 e. The molecule has 2 N–H and O–H groups in total. The van der Waals surface area contributed by atoms with Crippen molar-refractivity contribution in [1.29, 1.82) is 0 Å². The van der Waals surface area contributed by atoms with Crippen molar-refractivity contribution in [3.63, 3.8) is 0 Å². The third-order valence-electron chi connectivity index (χ3n) is 3.36. The van der Waals surface area contributed by atoms with Crippen molar-refractivity contribution in [1.82, 2.24) is 10.6 Å². The molecular formula is C13H18N2O. The first-order valence-electron chi connectivity index (χ1n) is 5.82. The van der Waals surface area contributed by atoms with Crippen molar-refractivity contribution in [2.24, 2.45) is 0 Å². The maximum Gasteiger partial charge on any atom is 0.315 e. The third-order valence-corrected chi connectivity index (χ3v) is 3.36. The van der Waals surface area contributed by atoms with E-state index in [-0.39, 0.29) is 11.6 Å². The van der Waals surface area contributed by atoms with Crippen LogP contribution in [0.5, 0.6) is 0 Å². The predicted molar refractivity (Wildman–Crippen MR) is 64.2 cm³/mol. The lowest BCUT2D eigenvalue weighted by Gasteiger charge is -2.30. The summed E-state index contributed by atoms with van der Waals surface area (Å²) < 4.78 is 0. The van der Waals surface area contributed by atoms with Crippen LogP contribution in [0.3, 0.4) is 0 Å². The Labute approximate surface area is 96.2 Å². The fourth-order valence-electron chi connectivity index (χ4n) is 2.50. The van der Waals surface area contributed by atoms with Crippen molar-refractivity contribution in [2.75, 3.05) is 7.05 Å². The lowest BCUT2D eigenvalue weighted by molar-refractivity contribution is 0.226. The second-order valence-corrected chi connectivity index (χ2v) is 4.36. The molecule has 1 aromatic carbocycles. The maximum absolute atomic E-state index is 11.5. The Kier molecular flexibility index (Phi) is 3.13. The van der Waals surface area contributed by atoms with Crippen LogP contribution in [0.1, 0.15) is 31.2 Å². The number of carbonyl (C=O) groups is 1. The van der Waals surface area contributed by atoms with E-state index in [1.807, 2.05) is 18.2 Å². The van der Waals surface area contributed by atoms with E-state index in [1.54, 1.807) is 7.05 Å². The second-order valence-electron chi connectivity index (χ2n) is 4.36. The molecule has 0 heterocycles. The number of amides is 2. The van der Waals surface area contributed by atoms with E-state index in [2.05, 4.69) is 22.8 Å². The summed E-state index contributed by atoms with van der Waals surface area (Å²) in [5.74, 6) is 0. The minimum atomic E-state index is -0.151. The van der Waals surface area contributed by atoms with Gasteiger partial charge in [0.05, 0.1) is 5.54 Å². The molecule has 0 atom stereocenters. The Bertz CT molecular complexity index is 355. The van der Waals surface area contributed by atoms with Crippen molar-refractivity contribution in [2.45, 2.75) is 31.2 Å². The van der Waals surface area contributed by atoms with E-state index in [1.165, 1.54) is 18.4 Å². The first-order valence-corrected chi connectivity index (χ1v) is 5.82. The quantitative estimate of drug-likeness (QED) is 0.786. The SMILES string of the molecule is CNC(=O)NC1(c2ccccc2)CCCC1. The predicted octanol–water partition coefficient (Wildman–Crippen LogP) is 2.38. The normalized spacial score (nSPS) is 18.1. The molecule has 1 aromatic rings. The highest BCUT2D eigenvalue weighted by atomic mass is 16.2. The molecule has 3 nitrogen and oxygen atoms in total. The second kappa shape index (κ2) is 4.56. The molecule has 16 heavy (non-hydrogen) atoms. The molecule has 3 heteroatoms. The van der Waals surface area contributed by atoms with Gasteiger partial charge in [-0.05, 0) is 18.4 Å². The van der Waals surface area contributed by atoms with Gasteiger partial charge >= 0.3 is 6.03 Å². The summed E-state index contributed by atoms with van der Waals surface area (Å²) in [4.78, 5) is 11.5. The molecule has 0 spiro atoms. The van der Waals surface area contributed by atoms with Gasteiger partial charge in [-0.3, -0.25) is 0 Å². The molecule has 1 aliphatic carbocycles. The molecule has 2 rings (SSSR count). The molecule has 0 radical (unpaired) electrons. The summed E-state index contributed by atoms with van der Waals surface area (Å²) in [5, 5.41) is 5.74. The van der Waals surface area contributed by atoms with Crippen molar-refractivity contribution < 1.29 is 4.79 Å². The van der Waals surface area contributed by atoms with Crippen LogP contribution in [0.25, 0.3) is 0 Å². The highest BCUT2D eigenvalue weighted by Gasteiger charge is 2.36. The molecule has 0 aromatic heterocycles. The fraction of sp³-hybridized carbons (Fsp3) is 0.462. The van der Waals surface area contributed by atoms with Crippen LogP contribution in [0.2, 0.25) is 0 Å². The van der Waals surface area contributed by atoms with Gasteiger partial charge in [-0.2, -0.15) is 0 Å². The number of hydrogen-bond donors (Lipinski definition) is 2. The van der Waals surface area contributed by atoms with Gasteiger partial charge in [0, 0.05) is 7.05 Å². The molecule has 2 amide bonds. The molecule has 0 unspecified atom stereocenters. The molecule has 0 saturated heterocycles. The first kappa shape index (κ1) is 11.0. The third kappa shape index (κ3) is 2.03. The van der Waals surface area contributed by atoms with Gasteiger partial charge < -0.3 is 10.6 Å². The molecule has 1 saturated carbocycles. The standard InChI is InChI=1S/C13H18N2O/c1-14-12(16)15-13(9-5-6-10-13)11-7-3-2-4-8-11/h2-4,7-8H,5-6,9-10H2,1H3,(H2,14,15,16). The number of carbonyl (C=O) groups excluding carboxylic acids is 1. The average molecular weight is 218 g/mol. The Morgan fingerprint density at radius 2 is 1.81 bits per heavy atom. The van der Waals surface area contributed by atoms with E-state index < -0.39 is 0 Å². The molecule has 0 bridgehead atoms. The summed E-state index contributed by atoms with van der Waals surface area (Å²) in [6, 6.07) is 10.2. The molecular weight excluding hydrogens is 200 g/mol. The van der Waals surface area contributed by atoms with Gasteiger partial charge in [-0.25, -0.2) is 4.79 Å². The Balaban J connectivity index is 2.25. The van der Waals surface area contributed by atoms with E-state index in [4.69, 9.17) is 0 Å². The van der Waals surface area contributed by atoms with E-state index in [9.17, 15) is 4.79 Å². The number of urea groups is 1. The van der Waals surface area contributed by atoms with Gasteiger partial charge in [-0.15, -0.1) is 0 Å². The highest BCUT2D eigenvalue weighted by molar-refractivity contribution is 5.74. The molecule has 1 fully saturated rings. The van der Waals surface area contributed by atoms with Crippen molar-refractivity contribution in [3.8, 4) is 0 Å². The van der Waals surface area contributed by atoms with Gasteiger partial charge in [0.1, 0.15) is 0 Å². The molecule has 86 valence electrons. The first-order chi connectivity index (χ1) is 7.77. The fourth-order valence-corrected chi connectivity index (χ4v) is 2.50. The number of rotatable bonds is 2. The van der Waals surface area contributed by atoms with Crippen LogP contribution in [0.4, 0.5) is 4.79 Å². The van der Waals surface area contributed by atoms with Crippen molar-refractivity contribution in [3.05, 3.63) is 35.9 Å². The van der Waals surface area contributed by atoms with Crippen LogP contribution in [0.15, 0.2) is 30.3 Å².